The quantitative estimate of drug-likeness (QED) is 0.421. The molecule has 0 aliphatic rings. The minimum atomic E-state index is -1.65. The number of allylic oxidation sites excluding steroid dienone is 1. The maximum atomic E-state index is 11.7. The maximum Gasteiger partial charge on any atom is 0.475 e. The van der Waals surface area contributed by atoms with Crippen molar-refractivity contribution >= 4 is 18.9 Å². The number of nitrogens with zero attached hydrogens (tertiary/aromatic N) is 2. The summed E-state index contributed by atoms with van der Waals surface area (Å²) in [7, 11) is -1.65. The highest BCUT2D eigenvalue weighted by Crippen LogP contribution is 2.05. The van der Waals surface area contributed by atoms with Crippen molar-refractivity contribution in [2.24, 2.45) is 5.92 Å². The minimum absolute atomic E-state index is 0.103. The van der Waals surface area contributed by atoms with Crippen LogP contribution >= 0.6 is 0 Å². The van der Waals surface area contributed by atoms with Gasteiger partial charge in [-0.05, 0) is 19.3 Å². The third-order valence-electron chi connectivity index (χ3n) is 2.64. The van der Waals surface area contributed by atoms with Gasteiger partial charge in [0.15, 0.2) is 0 Å². The second-order valence-electron chi connectivity index (χ2n) is 5.40. The standard InChI is InChI=1S/C12H19BN4O4.C3H6.C2H6/c1-8(2)5-10(13(20)21)17-11(18)7-16-12(19)9-6-14-3-4-15-9;1-3-2;1-2/h3-4,6,8,10,20-21H,5,7H2,1-2H3,(H,16,19)(H,17,18);3H,1H2,2H3;1-2H3/t10-;;/m0../s1. The summed E-state index contributed by atoms with van der Waals surface area (Å²) in [6.07, 6.45) is 6.26. The lowest BCUT2D eigenvalue weighted by Gasteiger charge is -2.19. The number of nitrogens with one attached hydrogen (secondary N) is 2. The van der Waals surface area contributed by atoms with E-state index in [0.29, 0.717) is 6.42 Å². The van der Waals surface area contributed by atoms with Crippen molar-refractivity contribution in [3.05, 3.63) is 36.9 Å². The molecule has 1 aromatic heterocycles. The lowest BCUT2D eigenvalue weighted by molar-refractivity contribution is -0.120. The first-order valence-corrected chi connectivity index (χ1v) is 8.58. The molecule has 0 radical (unpaired) electrons. The molecular weight excluding hydrogens is 335 g/mol. The summed E-state index contributed by atoms with van der Waals surface area (Å²) in [5.74, 6) is -1.62. The molecule has 0 aromatic carbocycles. The van der Waals surface area contributed by atoms with Crippen LogP contribution in [-0.2, 0) is 4.79 Å². The van der Waals surface area contributed by atoms with Crippen LogP contribution in [0.1, 0.15) is 51.5 Å². The molecule has 1 atom stereocenters. The molecule has 1 aromatic rings. The van der Waals surface area contributed by atoms with Gasteiger partial charge in [-0.25, -0.2) is 4.98 Å². The second-order valence-corrected chi connectivity index (χ2v) is 5.40. The molecule has 9 heteroatoms. The first-order chi connectivity index (χ1) is 12.3. The monoisotopic (exact) mass is 366 g/mol. The number of aromatic nitrogens is 2. The summed E-state index contributed by atoms with van der Waals surface area (Å²) < 4.78 is 0. The Bertz CT molecular complexity index is 513. The van der Waals surface area contributed by atoms with Crippen molar-refractivity contribution < 1.29 is 19.6 Å². The van der Waals surface area contributed by atoms with Gasteiger partial charge < -0.3 is 20.7 Å². The zero-order chi connectivity index (χ0) is 20.5. The summed E-state index contributed by atoms with van der Waals surface area (Å²) >= 11 is 0. The van der Waals surface area contributed by atoms with Crippen molar-refractivity contribution in [1.29, 1.82) is 0 Å². The Kier molecular flexibility index (Phi) is 16.2. The van der Waals surface area contributed by atoms with Crippen LogP contribution in [0.2, 0.25) is 0 Å². The molecular formula is C17H31BN4O4. The molecule has 0 bridgehead atoms. The summed E-state index contributed by atoms with van der Waals surface area (Å²) in [5, 5.41) is 23.2. The molecule has 0 saturated carbocycles. The Balaban J connectivity index is 0. The van der Waals surface area contributed by atoms with Gasteiger partial charge in [-0.2, -0.15) is 0 Å². The Morgan fingerprint density at radius 1 is 1.31 bits per heavy atom. The Labute approximate surface area is 156 Å². The number of carbonyl (C=O) groups excluding carboxylic acids is 2. The van der Waals surface area contributed by atoms with Crippen LogP contribution in [0.3, 0.4) is 0 Å². The fraction of sp³-hybridized carbons (Fsp3) is 0.529. The van der Waals surface area contributed by atoms with Crippen LogP contribution in [0, 0.1) is 5.92 Å². The highest BCUT2D eigenvalue weighted by molar-refractivity contribution is 6.43. The van der Waals surface area contributed by atoms with Gasteiger partial charge in [0.2, 0.25) is 5.91 Å². The van der Waals surface area contributed by atoms with E-state index in [0.717, 1.165) is 0 Å². The van der Waals surface area contributed by atoms with E-state index in [9.17, 15) is 19.6 Å². The fourth-order valence-electron chi connectivity index (χ4n) is 1.69. The first-order valence-electron chi connectivity index (χ1n) is 8.58. The number of carbonyl (C=O) groups is 2. The van der Waals surface area contributed by atoms with Gasteiger partial charge in [0.25, 0.3) is 5.91 Å². The molecule has 8 nitrogen and oxygen atoms in total. The molecule has 0 aliphatic heterocycles. The van der Waals surface area contributed by atoms with Gasteiger partial charge in [0.05, 0.1) is 18.7 Å². The van der Waals surface area contributed by atoms with Gasteiger partial charge in [-0.3, -0.25) is 14.6 Å². The van der Waals surface area contributed by atoms with Crippen molar-refractivity contribution in [2.45, 2.75) is 47.0 Å². The second kappa shape index (κ2) is 16.2. The maximum absolute atomic E-state index is 11.7. The third kappa shape index (κ3) is 13.1. The Hall–Kier alpha value is -2.26. The van der Waals surface area contributed by atoms with Crippen LogP contribution in [0.15, 0.2) is 31.2 Å². The summed E-state index contributed by atoms with van der Waals surface area (Å²) in [4.78, 5) is 30.9. The minimum Gasteiger partial charge on any atom is -0.426 e. The van der Waals surface area contributed by atoms with Crippen molar-refractivity contribution in [3.8, 4) is 0 Å². The van der Waals surface area contributed by atoms with Crippen LogP contribution in [0.5, 0.6) is 0 Å². The van der Waals surface area contributed by atoms with Crippen LogP contribution in [0.4, 0.5) is 0 Å². The van der Waals surface area contributed by atoms with Gasteiger partial charge in [-0.1, -0.05) is 33.8 Å². The molecule has 1 heterocycles. The third-order valence-corrected chi connectivity index (χ3v) is 2.64. The average Bonchev–Trinajstić information content (AvgIpc) is 2.62. The molecule has 26 heavy (non-hydrogen) atoms. The number of amides is 2. The van der Waals surface area contributed by atoms with E-state index in [4.69, 9.17) is 0 Å². The Morgan fingerprint density at radius 2 is 1.88 bits per heavy atom. The van der Waals surface area contributed by atoms with E-state index in [-0.39, 0.29) is 18.2 Å². The highest BCUT2D eigenvalue weighted by atomic mass is 16.4. The first kappa shape index (κ1) is 26.0. The summed E-state index contributed by atoms with van der Waals surface area (Å²) in [6.45, 7) is 12.8. The normalized spacial score (nSPS) is 10.3. The number of hydrogen-bond acceptors (Lipinski definition) is 6. The van der Waals surface area contributed by atoms with Gasteiger partial charge in [-0.15, -0.1) is 6.58 Å². The molecule has 0 saturated heterocycles. The van der Waals surface area contributed by atoms with E-state index in [1.807, 2.05) is 34.6 Å². The van der Waals surface area contributed by atoms with Gasteiger partial charge in [0.1, 0.15) is 5.69 Å². The zero-order valence-electron chi connectivity index (χ0n) is 16.3. The van der Waals surface area contributed by atoms with E-state index in [1.54, 1.807) is 6.08 Å². The largest absolute Gasteiger partial charge is 0.475 e. The molecule has 146 valence electrons. The van der Waals surface area contributed by atoms with Crippen molar-refractivity contribution in [2.75, 3.05) is 6.54 Å². The van der Waals surface area contributed by atoms with E-state index in [1.165, 1.54) is 18.6 Å². The smallest absolute Gasteiger partial charge is 0.426 e. The van der Waals surface area contributed by atoms with Crippen molar-refractivity contribution in [1.82, 2.24) is 20.6 Å². The average molecular weight is 366 g/mol. The van der Waals surface area contributed by atoms with E-state index < -0.39 is 24.9 Å². The zero-order valence-corrected chi connectivity index (χ0v) is 16.3. The Morgan fingerprint density at radius 3 is 2.31 bits per heavy atom. The molecule has 1 rings (SSSR count). The topological polar surface area (TPSA) is 124 Å². The van der Waals surface area contributed by atoms with Gasteiger partial charge in [0, 0.05) is 12.4 Å². The lowest BCUT2D eigenvalue weighted by atomic mass is 9.75. The van der Waals surface area contributed by atoms with Crippen LogP contribution < -0.4 is 10.6 Å². The molecule has 0 unspecified atom stereocenters. The number of hydrogen-bond donors (Lipinski definition) is 4. The molecule has 2 amide bonds. The SMILES string of the molecule is C=CC.CC.CC(C)C[C@H](NC(=O)CNC(=O)c1cnccn1)B(O)O. The molecule has 0 fully saturated rings. The van der Waals surface area contributed by atoms with Crippen LogP contribution in [-0.4, -0.2) is 51.4 Å². The van der Waals surface area contributed by atoms with Crippen LogP contribution in [0.25, 0.3) is 0 Å². The predicted octanol–water partition coefficient (Wildman–Crippen LogP) is 0.968. The summed E-state index contributed by atoms with van der Waals surface area (Å²) in [6, 6.07) is 0. The summed E-state index contributed by atoms with van der Waals surface area (Å²) in [5.41, 5.74) is 0.103. The highest BCUT2D eigenvalue weighted by Gasteiger charge is 2.26. The van der Waals surface area contributed by atoms with Crippen molar-refractivity contribution in [3.63, 3.8) is 0 Å². The fourth-order valence-corrected chi connectivity index (χ4v) is 1.69. The molecule has 0 aliphatic carbocycles. The van der Waals surface area contributed by atoms with E-state index >= 15 is 0 Å². The van der Waals surface area contributed by atoms with E-state index in [2.05, 4.69) is 27.2 Å². The molecule has 4 N–H and O–H groups in total. The van der Waals surface area contributed by atoms with Gasteiger partial charge >= 0.3 is 7.12 Å². The molecule has 0 spiro atoms. The predicted molar refractivity (Wildman–Crippen MR) is 103 cm³/mol. The lowest BCUT2D eigenvalue weighted by Crippen LogP contribution is -2.50. The number of rotatable bonds is 7.